The van der Waals surface area contributed by atoms with Gasteiger partial charge in [-0.3, -0.25) is 9.69 Å². The third-order valence-corrected chi connectivity index (χ3v) is 2.81. The van der Waals surface area contributed by atoms with Crippen LogP contribution in [0.15, 0.2) is 24.3 Å². The van der Waals surface area contributed by atoms with Crippen LogP contribution >= 0.6 is 0 Å². The van der Waals surface area contributed by atoms with Crippen LogP contribution in [0.25, 0.3) is 0 Å². The second kappa shape index (κ2) is 7.17. The van der Waals surface area contributed by atoms with Crippen LogP contribution in [0.3, 0.4) is 0 Å². The number of Topliss-reactive ketones (excluding diaryl/α,β-unsaturated/α-hetero) is 1. The minimum absolute atomic E-state index is 0.0583. The van der Waals surface area contributed by atoms with Crippen molar-refractivity contribution in [3.63, 3.8) is 0 Å². The van der Waals surface area contributed by atoms with Gasteiger partial charge in [-0.25, -0.2) is 4.39 Å². The SMILES string of the molecule is CCCCN(CC)CC(=O)c1ccc(F)cc1. The summed E-state index contributed by atoms with van der Waals surface area (Å²) in [4.78, 5) is 14.0. The van der Waals surface area contributed by atoms with E-state index >= 15 is 0 Å². The monoisotopic (exact) mass is 237 g/mol. The van der Waals surface area contributed by atoms with Gasteiger partial charge >= 0.3 is 0 Å². The standard InChI is InChI=1S/C14H20FNO/c1-3-5-10-16(4-2)11-14(17)12-6-8-13(15)9-7-12/h6-9H,3-5,10-11H2,1-2H3. The fourth-order valence-corrected chi connectivity index (χ4v) is 1.66. The van der Waals surface area contributed by atoms with Crippen molar-refractivity contribution in [1.29, 1.82) is 0 Å². The average Bonchev–Trinajstić information content (AvgIpc) is 2.35. The number of benzene rings is 1. The highest BCUT2D eigenvalue weighted by Crippen LogP contribution is 2.05. The number of carbonyl (C=O) groups is 1. The molecule has 0 N–H and O–H groups in total. The van der Waals surface area contributed by atoms with Crippen LogP contribution in [0, 0.1) is 5.82 Å². The lowest BCUT2D eigenvalue weighted by Gasteiger charge is -2.18. The van der Waals surface area contributed by atoms with Gasteiger partial charge in [-0.15, -0.1) is 0 Å². The number of unbranched alkanes of at least 4 members (excludes halogenated alkanes) is 1. The van der Waals surface area contributed by atoms with Crippen LogP contribution in [0.1, 0.15) is 37.0 Å². The molecule has 0 saturated carbocycles. The maximum Gasteiger partial charge on any atom is 0.176 e. The Kier molecular flexibility index (Phi) is 5.84. The minimum Gasteiger partial charge on any atom is -0.296 e. The zero-order valence-corrected chi connectivity index (χ0v) is 10.6. The van der Waals surface area contributed by atoms with Crippen molar-refractivity contribution in [2.45, 2.75) is 26.7 Å². The Morgan fingerprint density at radius 3 is 2.41 bits per heavy atom. The molecule has 0 saturated heterocycles. The van der Waals surface area contributed by atoms with E-state index in [1.807, 2.05) is 6.92 Å². The van der Waals surface area contributed by atoms with Gasteiger partial charge in [0.1, 0.15) is 5.82 Å². The molecular formula is C14H20FNO. The predicted octanol–water partition coefficient (Wildman–Crippen LogP) is 3.13. The summed E-state index contributed by atoms with van der Waals surface area (Å²) < 4.78 is 12.7. The number of hydrogen-bond donors (Lipinski definition) is 0. The molecule has 2 nitrogen and oxygen atoms in total. The van der Waals surface area contributed by atoms with Crippen LogP contribution in [0.5, 0.6) is 0 Å². The van der Waals surface area contributed by atoms with Crippen LogP contribution in [0.4, 0.5) is 4.39 Å². The highest BCUT2D eigenvalue weighted by atomic mass is 19.1. The second-order valence-electron chi connectivity index (χ2n) is 4.15. The molecule has 0 bridgehead atoms. The minimum atomic E-state index is -0.306. The molecule has 0 atom stereocenters. The first-order chi connectivity index (χ1) is 8.17. The van der Waals surface area contributed by atoms with Crippen LogP contribution in [-0.4, -0.2) is 30.3 Å². The van der Waals surface area contributed by atoms with E-state index in [0.29, 0.717) is 12.1 Å². The zero-order chi connectivity index (χ0) is 12.7. The van der Waals surface area contributed by atoms with E-state index in [1.54, 1.807) is 12.1 Å². The first kappa shape index (κ1) is 13.8. The van der Waals surface area contributed by atoms with E-state index in [0.717, 1.165) is 25.9 Å². The van der Waals surface area contributed by atoms with Gasteiger partial charge in [-0.1, -0.05) is 20.3 Å². The summed E-state index contributed by atoms with van der Waals surface area (Å²) in [5, 5.41) is 0. The number of ketones is 1. The van der Waals surface area contributed by atoms with Crippen LogP contribution in [-0.2, 0) is 0 Å². The van der Waals surface area contributed by atoms with Gasteiger partial charge in [-0.2, -0.15) is 0 Å². The van der Waals surface area contributed by atoms with Gasteiger partial charge in [0.05, 0.1) is 6.54 Å². The lowest BCUT2D eigenvalue weighted by Crippen LogP contribution is -2.30. The number of hydrogen-bond acceptors (Lipinski definition) is 2. The highest BCUT2D eigenvalue weighted by molar-refractivity contribution is 5.97. The number of likely N-dealkylation sites (N-methyl/N-ethyl adjacent to an activating group) is 1. The van der Waals surface area contributed by atoms with Crippen molar-refractivity contribution in [1.82, 2.24) is 4.90 Å². The second-order valence-corrected chi connectivity index (χ2v) is 4.15. The Balaban J connectivity index is 2.54. The number of halogens is 1. The van der Waals surface area contributed by atoms with Gasteiger partial charge in [0.25, 0.3) is 0 Å². The first-order valence-corrected chi connectivity index (χ1v) is 6.18. The normalized spacial score (nSPS) is 10.8. The molecule has 0 amide bonds. The number of rotatable bonds is 7. The Labute approximate surface area is 102 Å². The van der Waals surface area contributed by atoms with Crippen molar-refractivity contribution < 1.29 is 9.18 Å². The fourth-order valence-electron chi connectivity index (χ4n) is 1.66. The third-order valence-electron chi connectivity index (χ3n) is 2.81. The molecule has 0 unspecified atom stereocenters. The lowest BCUT2D eigenvalue weighted by atomic mass is 10.1. The molecule has 1 aromatic carbocycles. The topological polar surface area (TPSA) is 20.3 Å². The van der Waals surface area contributed by atoms with Gasteiger partial charge in [-0.05, 0) is 43.8 Å². The molecular weight excluding hydrogens is 217 g/mol. The van der Waals surface area contributed by atoms with Crippen LogP contribution in [0.2, 0.25) is 0 Å². The Morgan fingerprint density at radius 2 is 1.88 bits per heavy atom. The van der Waals surface area contributed by atoms with E-state index in [1.165, 1.54) is 12.1 Å². The number of carbonyl (C=O) groups excluding carboxylic acids is 1. The van der Waals surface area contributed by atoms with Crippen molar-refractivity contribution >= 4 is 5.78 Å². The smallest absolute Gasteiger partial charge is 0.176 e. The van der Waals surface area contributed by atoms with Crippen molar-refractivity contribution in [2.75, 3.05) is 19.6 Å². The molecule has 0 fully saturated rings. The Morgan fingerprint density at radius 1 is 1.24 bits per heavy atom. The maximum absolute atomic E-state index is 12.7. The van der Waals surface area contributed by atoms with E-state index in [9.17, 15) is 9.18 Å². The molecule has 0 aliphatic carbocycles. The fraction of sp³-hybridized carbons (Fsp3) is 0.500. The molecule has 0 aliphatic heterocycles. The van der Waals surface area contributed by atoms with E-state index in [2.05, 4.69) is 11.8 Å². The maximum atomic E-state index is 12.7. The van der Waals surface area contributed by atoms with Gasteiger partial charge in [0.15, 0.2) is 5.78 Å². The molecule has 94 valence electrons. The molecule has 0 aromatic heterocycles. The van der Waals surface area contributed by atoms with Crippen molar-refractivity contribution in [3.8, 4) is 0 Å². The summed E-state index contributed by atoms with van der Waals surface area (Å²) in [5.74, 6) is -0.247. The molecule has 0 spiro atoms. The zero-order valence-electron chi connectivity index (χ0n) is 10.6. The summed E-state index contributed by atoms with van der Waals surface area (Å²) in [7, 11) is 0. The number of nitrogens with zero attached hydrogens (tertiary/aromatic N) is 1. The molecule has 17 heavy (non-hydrogen) atoms. The summed E-state index contributed by atoms with van der Waals surface area (Å²) in [6.45, 7) is 6.41. The molecule has 0 radical (unpaired) electrons. The molecule has 0 aliphatic rings. The van der Waals surface area contributed by atoms with Gasteiger partial charge in [0, 0.05) is 5.56 Å². The summed E-state index contributed by atoms with van der Waals surface area (Å²) in [5.41, 5.74) is 0.585. The first-order valence-electron chi connectivity index (χ1n) is 6.18. The molecule has 3 heteroatoms. The molecule has 1 aromatic rings. The van der Waals surface area contributed by atoms with Gasteiger partial charge < -0.3 is 0 Å². The summed E-state index contributed by atoms with van der Waals surface area (Å²) in [6, 6.07) is 5.75. The Bertz CT molecular complexity index is 348. The summed E-state index contributed by atoms with van der Waals surface area (Å²) in [6.07, 6.45) is 2.23. The Hall–Kier alpha value is -1.22. The highest BCUT2D eigenvalue weighted by Gasteiger charge is 2.10. The largest absolute Gasteiger partial charge is 0.296 e. The molecule has 1 rings (SSSR count). The summed E-state index contributed by atoms with van der Waals surface area (Å²) >= 11 is 0. The van der Waals surface area contributed by atoms with Gasteiger partial charge in [0.2, 0.25) is 0 Å². The molecule has 0 heterocycles. The van der Waals surface area contributed by atoms with E-state index in [4.69, 9.17) is 0 Å². The van der Waals surface area contributed by atoms with Crippen molar-refractivity contribution in [3.05, 3.63) is 35.6 Å². The lowest BCUT2D eigenvalue weighted by molar-refractivity contribution is 0.0933. The quantitative estimate of drug-likeness (QED) is 0.679. The van der Waals surface area contributed by atoms with Crippen molar-refractivity contribution in [2.24, 2.45) is 0 Å². The van der Waals surface area contributed by atoms with E-state index < -0.39 is 0 Å². The van der Waals surface area contributed by atoms with E-state index in [-0.39, 0.29) is 11.6 Å². The third kappa shape index (κ3) is 4.65. The average molecular weight is 237 g/mol. The predicted molar refractivity (Wildman–Crippen MR) is 67.8 cm³/mol. The van der Waals surface area contributed by atoms with Crippen LogP contribution < -0.4 is 0 Å².